The van der Waals surface area contributed by atoms with Gasteiger partial charge in [0.05, 0.1) is 31.2 Å². The van der Waals surface area contributed by atoms with Crippen LogP contribution < -0.4 is 5.32 Å². The second-order valence-corrected chi connectivity index (χ2v) is 5.23. The highest BCUT2D eigenvalue weighted by Crippen LogP contribution is 2.35. The maximum Gasteiger partial charge on any atom is 0.223 e. The van der Waals surface area contributed by atoms with Crippen LogP contribution in [-0.2, 0) is 10.3 Å². The Kier molecular flexibility index (Phi) is 5.50. The largest absolute Gasteiger partial charge is 0.379 e. The smallest absolute Gasteiger partial charge is 0.223 e. The highest BCUT2D eigenvalue weighted by atomic mass is 16.5. The molecule has 1 saturated carbocycles. The van der Waals surface area contributed by atoms with Crippen LogP contribution in [0.25, 0.3) is 0 Å². The molecule has 1 N–H and O–H groups in total. The molecule has 0 saturated heterocycles. The van der Waals surface area contributed by atoms with Crippen molar-refractivity contribution in [3.05, 3.63) is 11.7 Å². The minimum absolute atomic E-state index is 0.172. The van der Waals surface area contributed by atoms with Gasteiger partial charge in [0, 0.05) is 13.5 Å². The monoisotopic (exact) mass is 278 g/mol. The van der Waals surface area contributed by atoms with Crippen molar-refractivity contribution >= 4 is 0 Å². The van der Waals surface area contributed by atoms with Gasteiger partial charge in [0.2, 0.25) is 5.89 Å². The number of aromatic nitrogens is 2. The first-order valence-electron chi connectivity index (χ1n) is 7.27. The molecular formula is C14H22N4O2. The van der Waals surface area contributed by atoms with Crippen LogP contribution >= 0.6 is 0 Å². The van der Waals surface area contributed by atoms with Gasteiger partial charge >= 0.3 is 0 Å². The number of nitrogens with zero attached hydrogens (tertiary/aromatic N) is 3. The number of hydrogen-bond donors (Lipinski definition) is 1. The van der Waals surface area contributed by atoms with Gasteiger partial charge in [0.15, 0.2) is 5.82 Å². The number of ether oxygens (including phenoxy) is 1. The van der Waals surface area contributed by atoms with Crippen molar-refractivity contribution in [2.75, 3.05) is 19.8 Å². The molecule has 2 rings (SSSR count). The lowest BCUT2D eigenvalue weighted by molar-refractivity contribution is 0.122. The van der Waals surface area contributed by atoms with E-state index in [9.17, 15) is 0 Å². The van der Waals surface area contributed by atoms with Crippen LogP contribution in [0.15, 0.2) is 4.52 Å². The molecule has 6 heteroatoms. The van der Waals surface area contributed by atoms with Crippen molar-refractivity contribution in [3.63, 3.8) is 0 Å². The first-order valence-corrected chi connectivity index (χ1v) is 7.27. The van der Waals surface area contributed by atoms with Crippen molar-refractivity contribution in [1.82, 2.24) is 15.5 Å². The average molecular weight is 278 g/mol. The summed E-state index contributed by atoms with van der Waals surface area (Å²) in [6.45, 7) is 3.64. The van der Waals surface area contributed by atoms with Crippen LogP contribution in [0.1, 0.15) is 50.2 Å². The fraction of sp³-hybridized carbons (Fsp3) is 0.786. The molecule has 0 bridgehead atoms. The first kappa shape index (κ1) is 14.9. The Morgan fingerprint density at radius 2 is 2.15 bits per heavy atom. The third-order valence-corrected chi connectivity index (χ3v) is 3.73. The summed E-state index contributed by atoms with van der Waals surface area (Å²) in [5.74, 6) is 1.38. The molecule has 1 aliphatic rings. The molecule has 0 unspecified atom stereocenters. The number of aryl methyl sites for hydroxylation is 1. The van der Waals surface area contributed by atoms with Crippen molar-refractivity contribution in [3.8, 4) is 6.07 Å². The van der Waals surface area contributed by atoms with E-state index in [2.05, 4.69) is 21.5 Å². The summed E-state index contributed by atoms with van der Waals surface area (Å²) in [7, 11) is 0. The molecule has 1 heterocycles. The van der Waals surface area contributed by atoms with Crippen LogP contribution in [-0.4, -0.2) is 29.9 Å². The Bertz CT molecular complexity index is 446. The predicted octanol–water partition coefficient (Wildman–Crippen LogP) is 2.06. The molecule has 6 nitrogen and oxygen atoms in total. The van der Waals surface area contributed by atoms with Crippen LogP contribution in [0, 0.1) is 18.3 Å². The fourth-order valence-corrected chi connectivity index (χ4v) is 2.71. The molecule has 0 aromatic carbocycles. The van der Waals surface area contributed by atoms with E-state index in [0.29, 0.717) is 25.5 Å². The van der Waals surface area contributed by atoms with Gasteiger partial charge in [-0.25, -0.2) is 0 Å². The second-order valence-electron chi connectivity index (χ2n) is 5.23. The molecular weight excluding hydrogens is 256 g/mol. The predicted molar refractivity (Wildman–Crippen MR) is 72.8 cm³/mol. The number of nitriles is 1. The molecule has 1 aromatic heterocycles. The van der Waals surface area contributed by atoms with Crippen LogP contribution in [0.5, 0.6) is 0 Å². The molecule has 110 valence electrons. The van der Waals surface area contributed by atoms with E-state index in [-0.39, 0.29) is 5.54 Å². The topological polar surface area (TPSA) is 84.0 Å². The van der Waals surface area contributed by atoms with Crippen molar-refractivity contribution in [2.45, 2.75) is 51.0 Å². The molecule has 20 heavy (non-hydrogen) atoms. The lowest BCUT2D eigenvalue weighted by atomic mass is 9.81. The minimum atomic E-state index is -0.172. The second kappa shape index (κ2) is 7.36. The Hall–Kier alpha value is -1.45. The third kappa shape index (κ3) is 3.78. The summed E-state index contributed by atoms with van der Waals surface area (Å²) in [5.41, 5.74) is -0.172. The Balaban J connectivity index is 1.89. The molecule has 1 fully saturated rings. The van der Waals surface area contributed by atoms with E-state index in [1.807, 2.05) is 6.92 Å². The van der Waals surface area contributed by atoms with Gasteiger partial charge in [-0.2, -0.15) is 10.2 Å². The first-order chi connectivity index (χ1) is 9.77. The maximum absolute atomic E-state index is 8.45. The van der Waals surface area contributed by atoms with E-state index in [1.54, 1.807) is 0 Å². The van der Waals surface area contributed by atoms with Gasteiger partial charge in [-0.05, 0) is 12.8 Å². The molecule has 0 radical (unpaired) electrons. The molecule has 0 atom stereocenters. The van der Waals surface area contributed by atoms with Gasteiger partial charge in [-0.3, -0.25) is 0 Å². The van der Waals surface area contributed by atoms with Gasteiger partial charge in [0.25, 0.3) is 0 Å². The fourth-order valence-electron chi connectivity index (χ4n) is 2.71. The minimum Gasteiger partial charge on any atom is -0.379 e. The highest BCUT2D eigenvalue weighted by Gasteiger charge is 2.37. The van der Waals surface area contributed by atoms with Gasteiger partial charge in [0.1, 0.15) is 0 Å². The van der Waals surface area contributed by atoms with Gasteiger partial charge < -0.3 is 14.6 Å². The summed E-state index contributed by atoms with van der Waals surface area (Å²) in [6.07, 6.45) is 6.12. The normalized spacial score (nSPS) is 17.8. The molecule has 0 amide bonds. The Morgan fingerprint density at radius 1 is 1.35 bits per heavy atom. The summed E-state index contributed by atoms with van der Waals surface area (Å²) in [6, 6.07) is 2.07. The zero-order valence-corrected chi connectivity index (χ0v) is 12.0. The highest BCUT2D eigenvalue weighted by molar-refractivity contribution is 5.06. The van der Waals surface area contributed by atoms with Gasteiger partial charge in [-0.1, -0.05) is 24.4 Å². The molecule has 1 aliphatic carbocycles. The molecule has 0 spiro atoms. The lowest BCUT2D eigenvalue weighted by Gasteiger charge is -2.35. The van der Waals surface area contributed by atoms with Crippen molar-refractivity contribution in [1.29, 1.82) is 5.26 Å². The van der Waals surface area contributed by atoms with E-state index in [0.717, 1.165) is 25.2 Å². The van der Waals surface area contributed by atoms with E-state index < -0.39 is 0 Å². The number of nitrogens with one attached hydrogen (secondary N) is 1. The molecule has 1 aromatic rings. The zero-order chi connectivity index (χ0) is 14.3. The lowest BCUT2D eigenvalue weighted by Crippen LogP contribution is -2.46. The van der Waals surface area contributed by atoms with Gasteiger partial charge in [-0.15, -0.1) is 0 Å². The summed E-state index contributed by atoms with van der Waals surface area (Å²) >= 11 is 0. The van der Waals surface area contributed by atoms with Crippen LogP contribution in [0.3, 0.4) is 0 Å². The SMILES string of the molecule is Cc1nc(C2(NCCOCCC#N)CCCCC2)no1. The van der Waals surface area contributed by atoms with Crippen molar-refractivity contribution in [2.24, 2.45) is 0 Å². The summed E-state index contributed by atoms with van der Waals surface area (Å²) in [4.78, 5) is 4.41. The maximum atomic E-state index is 8.45. The van der Waals surface area contributed by atoms with E-state index in [1.165, 1.54) is 19.3 Å². The Labute approximate surface area is 119 Å². The zero-order valence-electron chi connectivity index (χ0n) is 12.0. The van der Waals surface area contributed by atoms with E-state index in [4.69, 9.17) is 14.5 Å². The number of hydrogen-bond acceptors (Lipinski definition) is 6. The quantitative estimate of drug-likeness (QED) is 0.768. The van der Waals surface area contributed by atoms with E-state index >= 15 is 0 Å². The average Bonchev–Trinajstić information content (AvgIpc) is 2.91. The van der Waals surface area contributed by atoms with Crippen LogP contribution in [0.4, 0.5) is 0 Å². The van der Waals surface area contributed by atoms with Crippen LogP contribution in [0.2, 0.25) is 0 Å². The third-order valence-electron chi connectivity index (χ3n) is 3.73. The summed E-state index contributed by atoms with van der Waals surface area (Å²) in [5, 5.41) is 16.1. The number of rotatable bonds is 7. The van der Waals surface area contributed by atoms with Crippen molar-refractivity contribution < 1.29 is 9.26 Å². The Morgan fingerprint density at radius 3 is 2.80 bits per heavy atom. The molecule has 0 aliphatic heterocycles. The standard InChI is InChI=1S/C14H22N4O2/c1-12-17-13(18-20-12)14(6-3-2-4-7-14)16-9-11-19-10-5-8-15/h16H,2-7,9-11H2,1H3. The summed E-state index contributed by atoms with van der Waals surface area (Å²) < 4.78 is 10.5.